The Morgan fingerprint density at radius 1 is 1.37 bits per heavy atom. The van der Waals surface area contributed by atoms with Crippen molar-refractivity contribution in [2.24, 2.45) is 0 Å². The van der Waals surface area contributed by atoms with Gasteiger partial charge in [-0.1, -0.05) is 26.3 Å². The summed E-state index contributed by atoms with van der Waals surface area (Å²) in [6.07, 6.45) is 2.70. The van der Waals surface area contributed by atoms with Gasteiger partial charge in [0.25, 0.3) is 0 Å². The maximum Gasteiger partial charge on any atom is 0.331 e. The van der Waals surface area contributed by atoms with Crippen molar-refractivity contribution >= 4 is 23.3 Å². The van der Waals surface area contributed by atoms with Crippen LogP contribution < -0.4 is 10.6 Å². The predicted molar refractivity (Wildman–Crippen MR) is 75.4 cm³/mol. The highest BCUT2D eigenvalue weighted by molar-refractivity contribution is 7.10. The number of amides is 2. The van der Waals surface area contributed by atoms with Crippen molar-refractivity contribution in [1.82, 2.24) is 10.6 Å². The van der Waals surface area contributed by atoms with Crippen LogP contribution in [0.25, 0.3) is 0 Å². The Bertz CT molecular complexity index is 406. The first-order valence-corrected chi connectivity index (χ1v) is 7.29. The van der Waals surface area contributed by atoms with E-state index in [0.717, 1.165) is 19.3 Å². The van der Waals surface area contributed by atoms with Crippen LogP contribution in [-0.2, 0) is 4.79 Å². The Morgan fingerprint density at radius 3 is 2.58 bits per heavy atom. The summed E-state index contributed by atoms with van der Waals surface area (Å²) in [4.78, 5) is 23.6. The van der Waals surface area contributed by atoms with Gasteiger partial charge in [0.2, 0.25) is 0 Å². The van der Waals surface area contributed by atoms with Gasteiger partial charge in [-0.05, 0) is 24.3 Å². The van der Waals surface area contributed by atoms with Crippen LogP contribution in [-0.4, -0.2) is 23.1 Å². The van der Waals surface area contributed by atoms with Gasteiger partial charge < -0.3 is 15.7 Å². The fraction of sp³-hybridized carbons (Fsp3) is 0.538. The fourth-order valence-corrected chi connectivity index (χ4v) is 2.56. The Balaban J connectivity index is 2.60. The van der Waals surface area contributed by atoms with E-state index in [4.69, 9.17) is 5.11 Å². The van der Waals surface area contributed by atoms with E-state index in [0.29, 0.717) is 4.88 Å². The Kier molecular flexibility index (Phi) is 6.35. The van der Waals surface area contributed by atoms with Gasteiger partial charge >= 0.3 is 12.0 Å². The molecule has 2 atom stereocenters. The maximum absolute atomic E-state index is 11.8. The molecule has 0 aromatic carbocycles. The van der Waals surface area contributed by atoms with E-state index in [1.807, 2.05) is 13.8 Å². The van der Waals surface area contributed by atoms with Gasteiger partial charge in [0.15, 0.2) is 6.04 Å². The molecule has 1 aromatic rings. The van der Waals surface area contributed by atoms with Crippen LogP contribution in [0.5, 0.6) is 0 Å². The summed E-state index contributed by atoms with van der Waals surface area (Å²) in [5.41, 5.74) is 0. The number of rotatable bonds is 7. The topological polar surface area (TPSA) is 78.4 Å². The lowest BCUT2D eigenvalue weighted by Crippen LogP contribution is -2.44. The van der Waals surface area contributed by atoms with Gasteiger partial charge in [0.1, 0.15) is 0 Å². The molecule has 0 radical (unpaired) electrons. The monoisotopic (exact) mass is 284 g/mol. The molecule has 2 amide bonds. The number of hydrogen-bond acceptors (Lipinski definition) is 3. The van der Waals surface area contributed by atoms with Crippen LogP contribution in [0.15, 0.2) is 17.5 Å². The summed E-state index contributed by atoms with van der Waals surface area (Å²) in [5, 5.41) is 16.3. The third-order valence-corrected chi connectivity index (χ3v) is 3.75. The zero-order valence-electron chi connectivity index (χ0n) is 11.2. The smallest absolute Gasteiger partial charge is 0.331 e. The number of urea groups is 1. The second kappa shape index (κ2) is 7.78. The van der Waals surface area contributed by atoms with Crippen LogP contribution in [0.3, 0.4) is 0 Å². The van der Waals surface area contributed by atoms with E-state index in [2.05, 4.69) is 10.6 Å². The van der Waals surface area contributed by atoms with E-state index >= 15 is 0 Å². The van der Waals surface area contributed by atoms with Gasteiger partial charge in [0, 0.05) is 10.9 Å². The van der Waals surface area contributed by atoms with Gasteiger partial charge in [0.05, 0.1) is 0 Å². The van der Waals surface area contributed by atoms with Crippen LogP contribution in [0.1, 0.15) is 44.0 Å². The lowest BCUT2D eigenvalue weighted by atomic mass is 10.1. The van der Waals surface area contributed by atoms with Crippen LogP contribution in [0, 0.1) is 0 Å². The molecule has 106 valence electrons. The molecule has 0 aliphatic rings. The molecule has 0 aliphatic carbocycles. The molecule has 0 bridgehead atoms. The minimum atomic E-state index is -1.05. The highest BCUT2D eigenvalue weighted by Crippen LogP contribution is 2.19. The van der Waals surface area contributed by atoms with Crippen molar-refractivity contribution in [2.45, 2.75) is 45.2 Å². The summed E-state index contributed by atoms with van der Waals surface area (Å²) in [6.45, 7) is 4.04. The molecular weight excluding hydrogens is 264 g/mol. The quantitative estimate of drug-likeness (QED) is 0.720. The fourth-order valence-electron chi connectivity index (χ4n) is 1.80. The summed E-state index contributed by atoms with van der Waals surface area (Å²) in [5.74, 6) is -1.05. The van der Waals surface area contributed by atoms with Crippen molar-refractivity contribution in [3.8, 4) is 0 Å². The molecule has 0 saturated heterocycles. The molecule has 0 saturated carbocycles. The van der Waals surface area contributed by atoms with Crippen molar-refractivity contribution in [3.05, 3.63) is 22.4 Å². The molecule has 0 aliphatic heterocycles. The van der Waals surface area contributed by atoms with E-state index in [1.54, 1.807) is 17.5 Å². The van der Waals surface area contributed by atoms with Crippen molar-refractivity contribution in [1.29, 1.82) is 0 Å². The van der Waals surface area contributed by atoms with Crippen LogP contribution in [0.2, 0.25) is 0 Å². The third-order valence-electron chi connectivity index (χ3n) is 2.82. The highest BCUT2D eigenvalue weighted by atomic mass is 32.1. The summed E-state index contributed by atoms with van der Waals surface area (Å²) < 4.78 is 0. The van der Waals surface area contributed by atoms with Crippen LogP contribution >= 0.6 is 11.3 Å². The van der Waals surface area contributed by atoms with E-state index in [-0.39, 0.29) is 6.04 Å². The lowest BCUT2D eigenvalue weighted by Gasteiger charge is -2.19. The normalized spacial score (nSPS) is 13.6. The van der Waals surface area contributed by atoms with Gasteiger partial charge in [-0.2, -0.15) is 0 Å². The zero-order valence-corrected chi connectivity index (χ0v) is 12.0. The number of thiophene rings is 1. The first kappa shape index (κ1) is 15.5. The molecule has 0 fully saturated rings. The molecular formula is C13H20N2O3S. The summed E-state index contributed by atoms with van der Waals surface area (Å²) in [6, 6.07) is 2.14. The molecule has 6 heteroatoms. The average molecular weight is 284 g/mol. The number of carbonyl (C=O) groups excluding carboxylic acids is 1. The molecule has 1 heterocycles. The number of carbonyl (C=O) groups is 2. The van der Waals surface area contributed by atoms with Gasteiger partial charge in [-0.25, -0.2) is 9.59 Å². The summed E-state index contributed by atoms with van der Waals surface area (Å²) in [7, 11) is 0. The van der Waals surface area contributed by atoms with E-state index in [1.165, 1.54) is 11.3 Å². The maximum atomic E-state index is 11.8. The van der Waals surface area contributed by atoms with Crippen molar-refractivity contribution < 1.29 is 14.7 Å². The van der Waals surface area contributed by atoms with Gasteiger partial charge in [-0.3, -0.25) is 0 Å². The Morgan fingerprint density at radius 2 is 2.11 bits per heavy atom. The van der Waals surface area contributed by atoms with Crippen LogP contribution in [0.4, 0.5) is 4.79 Å². The first-order valence-electron chi connectivity index (χ1n) is 6.41. The number of carboxylic acids is 1. The molecule has 3 N–H and O–H groups in total. The van der Waals surface area contributed by atoms with Crippen molar-refractivity contribution in [2.75, 3.05) is 0 Å². The standard InChI is InChI=1S/C13H20N2O3S/c1-3-6-9(4-2)14-13(18)15-11(12(16)17)10-7-5-8-19-10/h5,7-9,11H,3-4,6H2,1-2H3,(H,16,17)(H2,14,15,18). The number of carboxylic acid groups (broad SMARTS) is 1. The summed E-state index contributed by atoms with van der Waals surface area (Å²) >= 11 is 1.31. The minimum Gasteiger partial charge on any atom is -0.479 e. The highest BCUT2D eigenvalue weighted by Gasteiger charge is 2.23. The number of hydrogen-bond donors (Lipinski definition) is 3. The first-order chi connectivity index (χ1) is 9.08. The molecule has 2 unspecified atom stereocenters. The Hall–Kier alpha value is -1.56. The number of aliphatic carboxylic acids is 1. The third kappa shape index (κ3) is 4.90. The minimum absolute atomic E-state index is 0.0859. The lowest BCUT2D eigenvalue weighted by molar-refractivity contribution is -0.139. The van der Waals surface area contributed by atoms with Crippen molar-refractivity contribution in [3.63, 3.8) is 0 Å². The van der Waals surface area contributed by atoms with E-state index in [9.17, 15) is 9.59 Å². The number of nitrogens with one attached hydrogen (secondary N) is 2. The molecule has 0 spiro atoms. The zero-order chi connectivity index (χ0) is 14.3. The predicted octanol–water partition coefficient (Wildman–Crippen LogP) is 2.75. The second-order valence-corrected chi connectivity index (χ2v) is 5.28. The van der Waals surface area contributed by atoms with Gasteiger partial charge in [-0.15, -0.1) is 11.3 Å². The second-order valence-electron chi connectivity index (χ2n) is 4.30. The molecule has 1 aromatic heterocycles. The molecule has 5 nitrogen and oxygen atoms in total. The molecule has 1 rings (SSSR count). The Labute approximate surface area is 117 Å². The largest absolute Gasteiger partial charge is 0.479 e. The van der Waals surface area contributed by atoms with E-state index < -0.39 is 18.0 Å². The SMILES string of the molecule is CCCC(CC)NC(=O)NC(C(=O)O)c1cccs1. The average Bonchev–Trinajstić information content (AvgIpc) is 2.88. The molecule has 19 heavy (non-hydrogen) atoms.